The molecular weight excluding hydrogens is 323 g/mol. The first kappa shape index (κ1) is 17.7. The van der Waals surface area contributed by atoms with Gasteiger partial charge in [-0.25, -0.2) is 22.0 Å². The molecule has 0 saturated heterocycles. The Balaban J connectivity index is 1.79. The van der Waals surface area contributed by atoms with Crippen LogP contribution in [0.2, 0.25) is 0 Å². The van der Waals surface area contributed by atoms with E-state index in [9.17, 15) is 22.0 Å². The maximum absolute atomic E-state index is 14.9. The van der Waals surface area contributed by atoms with E-state index in [1.807, 2.05) is 6.92 Å². The van der Waals surface area contributed by atoms with E-state index in [1.54, 1.807) is 0 Å². The number of rotatable bonds is 3. The third-order valence-electron chi connectivity index (χ3n) is 5.96. The first-order chi connectivity index (χ1) is 11.4. The molecule has 3 rings (SSSR count). The largest absolute Gasteiger partial charge is 0.247 e. The third kappa shape index (κ3) is 3.18. The number of halogens is 5. The van der Waals surface area contributed by atoms with Crippen molar-refractivity contribution >= 4 is 0 Å². The maximum atomic E-state index is 14.9. The zero-order valence-corrected chi connectivity index (χ0v) is 13.8. The predicted octanol–water partition coefficient (Wildman–Crippen LogP) is 6.10. The summed E-state index contributed by atoms with van der Waals surface area (Å²) in [6.45, 7) is 2.02. The average Bonchev–Trinajstić information content (AvgIpc) is 2.75. The Morgan fingerprint density at radius 2 is 1.67 bits per heavy atom. The fourth-order valence-electron chi connectivity index (χ4n) is 4.73. The van der Waals surface area contributed by atoms with Crippen molar-refractivity contribution in [2.24, 2.45) is 17.8 Å². The molecule has 0 aromatic heterocycles. The monoisotopic (exact) mass is 346 g/mol. The first-order valence-corrected chi connectivity index (χ1v) is 8.84. The Kier molecular flexibility index (Phi) is 5.16. The van der Waals surface area contributed by atoms with Gasteiger partial charge in [-0.3, -0.25) is 0 Å². The molecule has 6 atom stereocenters. The summed E-state index contributed by atoms with van der Waals surface area (Å²) in [5.74, 6) is -5.20. The van der Waals surface area contributed by atoms with Crippen LogP contribution >= 0.6 is 0 Å². The van der Waals surface area contributed by atoms with E-state index < -0.39 is 35.7 Å². The predicted molar refractivity (Wildman–Crippen MR) is 82.7 cm³/mol. The quantitative estimate of drug-likeness (QED) is 0.458. The van der Waals surface area contributed by atoms with Crippen LogP contribution in [0, 0.1) is 35.2 Å². The van der Waals surface area contributed by atoms with Crippen LogP contribution in [-0.4, -0.2) is 12.3 Å². The summed E-state index contributed by atoms with van der Waals surface area (Å²) in [4.78, 5) is 0. The van der Waals surface area contributed by atoms with Gasteiger partial charge in [0, 0.05) is 5.92 Å². The van der Waals surface area contributed by atoms with E-state index in [0.29, 0.717) is 25.7 Å². The Labute approximate surface area is 139 Å². The lowest BCUT2D eigenvalue weighted by atomic mass is 9.89. The van der Waals surface area contributed by atoms with Gasteiger partial charge in [0.05, 0.1) is 0 Å². The van der Waals surface area contributed by atoms with Crippen molar-refractivity contribution < 1.29 is 22.0 Å². The Bertz CT molecular complexity index is 564. The van der Waals surface area contributed by atoms with Crippen molar-refractivity contribution in [1.82, 2.24) is 0 Å². The molecule has 0 aliphatic heterocycles. The minimum Gasteiger partial charge on any atom is -0.247 e. The van der Waals surface area contributed by atoms with Gasteiger partial charge in [0.1, 0.15) is 12.3 Å². The van der Waals surface area contributed by atoms with Crippen molar-refractivity contribution in [2.45, 2.75) is 63.7 Å². The molecule has 0 N–H and O–H groups in total. The molecule has 0 nitrogen and oxygen atoms in total. The van der Waals surface area contributed by atoms with Crippen molar-refractivity contribution in [3.8, 4) is 0 Å². The molecule has 134 valence electrons. The molecule has 0 spiro atoms. The van der Waals surface area contributed by atoms with Crippen LogP contribution in [-0.2, 0) is 0 Å². The smallest absolute Gasteiger partial charge is 0.194 e. The molecule has 2 fully saturated rings. The fraction of sp³-hybridized carbons (Fsp3) is 0.684. The lowest BCUT2D eigenvalue weighted by Gasteiger charge is -2.20. The van der Waals surface area contributed by atoms with Gasteiger partial charge in [0.15, 0.2) is 17.5 Å². The van der Waals surface area contributed by atoms with Gasteiger partial charge in [-0.1, -0.05) is 13.3 Å². The fourth-order valence-corrected chi connectivity index (χ4v) is 4.73. The van der Waals surface area contributed by atoms with E-state index >= 15 is 0 Å². The van der Waals surface area contributed by atoms with E-state index in [0.717, 1.165) is 25.0 Å². The van der Waals surface area contributed by atoms with Crippen molar-refractivity contribution in [3.05, 3.63) is 35.1 Å². The number of alkyl halides is 2. The molecule has 0 bridgehead atoms. The Morgan fingerprint density at radius 1 is 1.00 bits per heavy atom. The normalized spacial score (nSPS) is 36.4. The highest BCUT2D eigenvalue weighted by Gasteiger charge is 2.47. The second-order valence-electron chi connectivity index (χ2n) is 7.39. The lowest BCUT2D eigenvalue weighted by Crippen LogP contribution is -2.18. The Hall–Kier alpha value is -1.13. The minimum absolute atomic E-state index is 0.00744. The standard InChI is InChI=1S/C19H23F5/c1-2-3-10-4-5-13-11(7-15(10)20)6-14(18(13)23)12-8-16(21)19(24)17(22)9-12/h8-11,13-15,18H,2-7H2,1H3. The van der Waals surface area contributed by atoms with Crippen LogP contribution < -0.4 is 0 Å². The number of hydrogen-bond donors (Lipinski definition) is 0. The van der Waals surface area contributed by atoms with Gasteiger partial charge < -0.3 is 0 Å². The van der Waals surface area contributed by atoms with Crippen LogP contribution in [0.5, 0.6) is 0 Å². The summed E-state index contributed by atoms with van der Waals surface area (Å²) in [6, 6.07) is 1.77. The minimum atomic E-state index is -1.53. The number of fused-ring (bicyclic) bond motifs is 1. The van der Waals surface area contributed by atoms with E-state index in [-0.39, 0.29) is 23.3 Å². The molecular formula is C19H23F5. The van der Waals surface area contributed by atoms with Crippen LogP contribution in [0.4, 0.5) is 22.0 Å². The van der Waals surface area contributed by atoms with E-state index in [2.05, 4.69) is 0 Å². The van der Waals surface area contributed by atoms with Gasteiger partial charge in [-0.05, 0) is 67.6 Å². The summed E-state index contributed by atoms with van der Waals surface area (Å²) < 4.78 is 69.4. The van der Waals surface area contributed by atoms with Gasteiger partial charge >= 0.3 is 0 Å². The van der Waals surface area contributed by atoms with Gasteiger partial charge in [-0.15, -0.1) is 0 Å². The highest BCUT2D eigenvalue weighted by molar-refractivity contribution is 5.26. The summed E-state index contributed by atoms with van der Waals surface area (Å²) >= 11 is 0. The highest BCUT2D eigenvalue weighted by atomic mass is 19.2. The van der Waals surface area contributed by atoms with Gasteiger partial charge in [-0.2, -0.15) is 0 Å². The van der Waals surface area contributed by atoms with Crippen LogP contribution in [0.15, 0.2) is 12.1 Å². The van der Waals surface area contributed by atoms with Crippen molar-refractivity contribution in [3.63, 3.8) is 0 Å². The van der Waals surface area contributed by atoms with E-state index in [4.69, 9.17) is 0 Å². The SMILES string of the molecule is CCCC1CCC2C(CC1F)CC(c1cc(F)c(F)c(F)c1)C2F. The van der Waals surface area contributed by atoms with Crippen molar-refractivity contribution in [1.29, 1.82) is 0 Å². The molecule has 1 aromatic rings. The molecule has 2 aliphatic rings. The molecule has 5 heteroatoms. The van der Waals surface area contributed by atoms with Gasteiger partial charge in [0.2, 0.25) is 0 Å². The number of benzene rings is 1. The molecule has 2 aliphatic carbocycles. The summed E-state index contributed by atoms with van der Waals surface area (Å²) in [6.07, 6.45) is 1.49. The van der Waals surface area contributed by atoms with Crippen LogP contribution in [0.25, 0.3) is 0 Å². The molecule has 0 amide bonds. The third-order valence-corrected chi connectivity index (χ3v) is 5.96. The van der Waals surface area contributed by atoms with Crippen LogP contribution in [0.3, 0.4) is 0 Å². The van der Waals surface area contributed by atoms with E-state index in [1.165, 1.54) is 0 Å². The molecule has 2 saturated carbocycles. The molecule has 24 heavy (non-hydrogen) atoms. The van der Waals surface area contributed by atoms with Crippen LogP contribution in [0.1, 0.15) is 56.9 Å². The maximum Gasteiger partial charge on any atom is 0.194 e. The second kappa shape index (κ2) is 7.01. The highest BCUT2D eigenvalue weighted by Crippen LogP contribution is 2.51. The molecule has 6 unspecified atom stereocenters. The summed E-state index contributed by atoms with van der Waals surface area (Å²) in [5, 5.41) is 0. The van der Waals surface area contributed by atoms with Crippen molar-refractivity contribution in [2.75, 3.05) is 0 Å². The lowest BCUT2D eigenvalue weighted by molar-refractivity contribution is 0.183. The molecule has 0 radical (unpaired) electrons. The zero-order chi connectivity index (χ0) is 17.4. The second-order valence-corrected chi connectivity index (χ2v) is 7.39. The Morgan fingerprint density at radius 3 is 2.29 bits per heavy atom. The first-order valence-electron chi connectivity index (χ1n) is 8.84. The summed E-state index contributed by atoms with van der Waals surface area (Å²) in [7, 11) is 0. The zero-order valence-electron chi connectivity index (χ0n) is 13.8. The topological polar surface area (TPSA) is 0 Å². The number of hydrogen-bond acceptors (Lipinski definition) is 0. The molecule has 1 aromatic carbocycles. The summed E-state index contributed by atoms with van der Waals surface area (Å²) in [5.41, 5.74) is 0.146. The molecule has 0 heterocycles. The van der Waals surface area contributed by atoms with Gasteiger partial charge in [0.25, 0.3) is 0 Å². The average molecular weight is 346 g/mol.